The fraction of sp³-hybridized carbons (Fsp3) is 0.308. The number of hydrogen-bond acceptors (Lipinski definition) is 7. The molecule has 7 rings (SSSR count). The fourth-order valence-corrected chi connectivity index (χ4v) is 8.72. The van der Waals surface area contributed by atoms with Crippen LogP contribution in [0.3, 0.4) is 0 Å². The van der Waals surface area contributed by atoms with Crippen LogP contribution < -0.4 is 4.74 Å². The van der Waals surface area contributed by atoms with Crippen molar-refractivity contribution < 1.29 is 38.9 Å². The van der Waals surface area contributed by atoms with Gasteiger partial charge in [-0.25, -0.2) is 0 Å². The van der Waals surface area contributed by atoms with Crippen molar-refractivity contribution in [3.8, 4) is 5.75 Å². The molecule has 3 aromatic rings. The average Bonchev–Trinajstić information content (AvgIpc) is 3.36. The normalized spacial score (nSPS) is 27.9. The Kier molecular flexibility index (Phi) is 8.17. The van der Waals surface area contributed by atoms with Gasteiger partial charge < -0.3 is 14.9 Å². The first-order valence-corrected chi connectivity index (χ1v) is 16.3. The lowest BCUT2D eigenvalue weighted by molar-refractivity contribution is -0.142. The number of fused-ring (bicyclic) bond motifs is 4. The third kappa shape index (κ3) is 4.83. The molecule has 2 N–H and O–H groups in total. The Morgan fingerprint density at radius 3 is 2.27 bits per heavy atom. The van der Waals surface area contributed by atoms with Crippen LogP contribution in [-0.2, 0) is 29.4 Å². The van der Waals surface area contributed by atoms with Crippen molar-refractivity contribution in [2.75, 3.05) is 19.8 Å². The number of allylic oxidation sites excluding steroid dienone is 4. The largest absolute Gasteiger partial charge is 0.491 e. The third-order valence-corrected chi connectivity index (χ3v) is 10.6. The number of aliphatic carboxylic acids is 1. The van der Waals surface area contributed by atoms with Gasteiger partial charge in [0.05, 0.1) is 30.3 Å². The van der Waals surface area contributed by atoms with Crippen molar-refractivity contribution >= 4 is 34.9 Å². The van der Waals surface area contributed by atoms with Crippen molar-refractivity contribution in [1.82, 2.24) is 4.90 Å². The summed E-state index contributed by atoms with van der Waals surface area (Å²) < 4.78 is 6.05. The van der Waals surface area contributed by atoms with Crippen molar-refractivity contribution in [2.45, 2.75) is 30.6 Å². The van der Waals surface area contributed by atoms with Gasteiger partial charge in [0.25, 0.3) is 0 Å². The quantitative estimate of drug-likeness (QED) is 0.259. The summed E-state index contributed by atoms with van der Waals surface area (Å²) >= 11 is 0. The number of imide groups is 1. The molecule has 48 heavy (non-hydrogen) atoms. The summed E-state index contributed by atoms with van der Waals surface area (Å²) in [5.41, 5.74) is 1.62. The molecule has 9 nitrogen and oxygen atoms in total. The van der Waals surface area contributed by atoms with E-state index in [1.54, 1.807) is 24.3 Å². The zero-order valence-electron chi connectivity index (χ0n) is 26.2. The molecule has 1 aliphatic heterocycles. The van der Waals surface area contributed by atoms with E-state index >= 15 is 4.79 Å². The van der Waals surface area contributed by atoms with Crippen molar-refractivity contribution in [1.29, 1.82) is 0 Å². The van der Waals surface area contributed by atoms with Gasteiger partial charge in [-0.3, -0.25) is 28.9 Å². The number of likely N-dealkylation sites (tertiary alicyclic amines) is 1. The van der Waals surface area contributed by atoms with Gasteiger partial charge in [0.2, 0.25) is 11.8 Å². The zero-order chi connectivity index (χ0) is 33.6. The van der Waals surface area contributed by atoms with Gasteiger partial charge >= 0.3 is 5.97 Å². The molecule has 0 spiro atoms. The number of benzene rings is 3. The fourth-order valence-electron chi connectivity index (χ4n) is 8.72. The number of hydrogen-bond donors (Lipinski definition) is 2. The molecule has 6 atom stereocenters. The molecule has 0 bridgehead atoms. The highest BCUT2D eigenvalue weighted by molar-refractivity contribution is 6.31. The molecular weight excluding hydrogens is 610 g/mol. The van der Waals surface area contributed by atoms with Crippen molar-refractivity contribution in [2.24, 2.45) is 23.7 Å². The number of carboxylic acid groups (broad SMARTS) is 1. The minimum Gasteiger partial charge on any atom is -0.491 e. The van der Waals surface area contributed by atoms with E-state index in [0.29, 0.717) is 28.0 Å². The first-order chi connectivity index (χ1) is 23.3. The average molecular weight is 646 g/mol. The molecule has 2 fully saturated rings. The molecule has 1 saturated carbocycles. The minimum atomic E-state index is -1.40. The first-order valence-electron chi connectivity index (χ1n) is 16.3. The molecule has 4 aliphatic rings. The second kappa shape index (κ2) is 12.5. The van der Waals surface area contributed by atoms with Crippen LogP contribution in [0.15, 0.2) is 103 Å². The Labute approximate surface area is 277 Å². The van der Waals surface area contributed by atoms with Crippen LogP contribution in [0.5, 0.6) is 5.75 Å². The Hall–Kier alpha value is -5.15. The van der Waals surface area contributed by atoms with Gasteiger partial charge in [0.15, 0.2) is 11.6 Å². The van der Waals surface area contributed by atoms with Gasteiger partial charge in [-0.15, -0.1) is 0 Å². The lowest BCUT2D eigenvalue weighted by Crippen LogP contribution is -2.58. The zero-order valence-corrected chi connectivity index (χ0v) is 26.2. The Balaban J connectivity index is 1.47. The molecule has 244 valence electrons. The predicted molar refractivity (Wildman–Crippen MR) is 175 cm³/mol. The lowest BCUT2D eigenvalue weighted by Gasteiger charge is -2.55. The van der Waals surface area contributed by atoms with E-state index in [9.17, 15) is 29.4 Å². The van der Waals surface area contributed by atoms with Crippen LogP contribution in [0.1, 0.15) is 41.9 Å². The SMILES string of the molecule is O=C(O)CCN1C(=O)C2CC=C3C(CC4C(=O)C(c5ccccc5)=CC(=O)C4(c4ccccc4)C3c3ccccc3OCCO)C2C1=O. The summed E-state index contributed by atoms with van der Waals surface area (Å²) in [6.45, 7) is -0.446. The third-order valence-electron chi connectivity index (χ3n) is 10.6. The van der Waals surface area contributed by atoms with Crippen LogP contribution in [0.25, 0.3) is 5.57 Å². The second-order valence-corrected chi connectivity index (χ2v) is 12.9. The molecule has 6 unspecified atom stereocenters. The Bertz CT molecular complexity index is 1860. The number of rotatable bonds is 9. The summed E-state index contributed by atoms with van der Waals surface area (Å²) in [5.74, 6) is -5.68. The maximum atomic E-state index is 15.1. The molecule has 9 heteroatoms. The highest BCUT2D eigenvalue weighted by atomic mass is 16.5. The van der Waals surface area contributed by atoms with Gasteiger partial charge in [0, 0.05) is 29.5 Å². The molecular formula is C39H35NO8. The first kappa shape index (κ1) is 31.4. The van der Waals surface area contributed by atoms with E-state index in [-0.39, 0.29) is 50.6 Å². The molecule has 0 radical (unpaired) electrons. The maximum Gasteiger partial charge on any atom is 0.305 e. The van der Waals surface area contributed by atoms with Crippen LogP contribution in [0.2, 0.25) is 0 Å². The number of aliphatic hydroxyl groups is 1. The maximum absolute atomic E-state index is 15.1. The number of Topliss-reactive ketones (excluding diaryl/α,β-unsaturated/α-hetero) is 1. The van der Waals surface area contributed by atoms with Crippen LogP contribution in [0.4, 0.5) is 0 Å². The standard InChI is InChI=1S/C39H35NO8/c41-19-20-48-31-14-8-7-13-26(31)35-25-15-16-27-34(38(47)40(37(27)46)18-17-33(43)44)29(25)21-30-36(45)28(23-9-3-1-4-10-23)22-32(42)39(30,35)24-11-5-2-6-12-24/h1-15,22,27,29-30,34-35,41H,16-21H2,(H,43,44). The van der Waals surface area contributed by atoms with E-state index in [0.717, 1.165) is 10.5 Å². The number of carbonyl (C=O) groups excluding carboxylic acids is 4. The molecule has 3 aromatic carbocycles. The number of aliphatic hydroxyl groups excluding tert-OH is 1. The molecule has 1 heterocycles. The van der Waals surface area contributed by atoms with E-state index in [4.69, 9.17) is 4.74 Å². The van der Waals surface area contributed by atoms with Gasteiger partial charge in [-0.05, 0) is 42.0 Å². The summed E-state index contributed by atoms with van der Waals surface area (Å²) in [5, 5.41) is 19.0. The van der Waals surface area contributed by atoms with Gasteiger partial charge in [-0.1, -0.05) is 90.5 Å². The van der Waals surface area contributed by atoms with E-state index in [1.807, 2.05) is 66.7 Å². The Morgan fingerprint density at radius 1 is 0.875 bits per heavy atom. The number of ketones is 2. The molecule has 0 aromatic heterocycles. The summed E-state index contributed by atoms with van der Waals surface area (Å²) in [6.07, 6.45) is 3.45. The Morgan fingerprint density at radius 2 is 1.56 bits per heavy atom. The number of carboxylic acids is 1. The lowest BCUT2D eigenvalue weighted by atomic mass is 9.44. The number of para-hydroxylation sites is 1. The summed E-state index contributed by atoms with van der Waals surface area (Å²) in [4.78, 5) is 70.2. The highest BCUT2D eigenvalue weighted by Gasteiger charge is 2.66. The number of ether oxygens (including phenoxy) is 1. The van der Waals surface area contributed by atoms with E-state index in [1.165, 1.54) is 6.08 Å². The minimum absolute atomic E-state index is 0.00906. The molecule has 2 amide bonds. The number of amides is 2. The van der Waals surface area contributed by atoms with Crippen LogP contribution >= 0.6 is 0 Å². The van der Waals surface area contributed by atoms with Crippen molar-refractivity contribution in [3.63, 3.8) is 0 Å². The summed E-state index contributed by atoms with van der Waals surface area (Å²) in [6, 6.07) is 25.6. The van der Waals surface area contributed by atoms with Gasteiger partial charge in [0.1, 0.15) is 12.4 Å². The van der Waals surface area contributed by atoms with Crippen LogP contribution in [-0.4, -0.2) is 64.2 Å². The van der Waals surface area contributed by atoms with E-state index in [2.05, 4.69) is 0 Å². The van der Waals surface area contributed by atoms with E-state index < -0.39 is 52.8 Å². The highest BCUT2D eigenvalue weighted by Crippen LogP contribution is 2.64. The summed E-state index contributed by atoms with van der Waals surface area (Å²) in [7, 11) is 0. The monoisotopic (exact) mass is 645 g/mol. The molecule has 3 aliphatic carbocycles. The molecule has 1 saturated heterocycles. The second-order valence-electron chi connectivity index (χ2n) is 12.9. The number of carbonyl (C=O) groups is 5. The number of nitrogens with zero attached hydrogens (tertiary/aromatic N) is 1. The van der Waals surface area contributed by atoms with Gasteiger partial charge in [-0.2, -0.15) is 0 Å². The topological polar surface area (TPSA) is 138 Å². The van der Waals surface area contributed by atoms with Crippen molar-refractivity contribution in [3.05, 3.63) is 119 Å². The van der Waals surface area contributed by atoms with Crippen LogP contribution in [0, 0.1) is 23.7 Å². The predicted octanol–water partition coefficient (Wildman–Crippen LogP) is 4.36. The smallest absolute Gasteiger partial charge is 0.305 e.